The van der Waals surface area contributed by atoms with Gasteiger partial charge in [-0.2, -0.15) is 0 Å². The van der Waals surface area contributed by atoms with Crippen molar-refractivity contribution in [2.75, 3.05) is 7.11 Å². The molecule has 2 aromatic rings. The van der Waals surface area contributed by atoms with E-state index in [2.05, 4.69) is 0 Å². The Morgan fingerprint density at radius 1 is 1.12 bits per heavy atom. The minimum Gasteiger partial charge on any atom is -0.493 e. The summed E-state index contributed by atoms with van der Waals surface area (Å²) in [6.45, 7) is 0.512. The molecular weight excluding hydrogens is 244 g/mol. The van der Waals surface area contributed by atoms with Crippen molar-refractivity contribution in [3.05, 3.63) is 45.6 Å². The molecule has 1 aromatic carbocycles. The Morgan fingerprint density at radius 3 is 2.50 bits per heavy atom. The molecule has 0 saturated carbocycles. The van der Waals surface area contributed by atoms with Gasteiger partial charge < -0.3 is 9.47 Å². The number of hydrogen-bond donors (Lipinski definition) is 0. The van der Waals surface area contributed by atoms with Gasteiger partial charge in [0.25, 0.3) is 0 Å². The first-order chi connectivity index (χ1) is 7.79. The van der Waals surface area contributed by atoms with E-state index in [1.165, 1.54) is 11.3 Å². The molecular formula is C12H11ClO2S. The smallest absolute Gasteiger partial charge is 0.161 e. The maximum Gasteiger partial charge on any atom is 0.161 e. The largest absolute Gasteiger partial charge is 0.493 e. The van der Waals surface area contributed by atoms with Crippen LogP contribution in [0.1, 0.15) is 4.88 Å². The fraction of sp³-hybridized carbons (Fsp3) is 0.167. The van der Waals surface area contributed by atoms with Crippen molar-refractivity contribution in [3.63, 3.8) is 0 Å². The van der Waals surface area contributed by atoms with Crippen molar-refractivity contribution in [2.45, 2.75) is 6.61 Å². The highest BCUT2D eigenvalue weighted by Gasteiger charge is 2.04. The van der Waals surface area contributed by atoms with E-state index in [1.54, 1.807) is 7.11 Å². The van der Waals surface area contributed by atoms with Crippen LogP contribution in [0.25, 0.3) is 0 Å². The van der Waals surface area contributed by atoms with Crippen LogP contribution in [0.4, 0.5) is 0 Å². The van der Waals surface area contributed by atoms with Gasteiger partial charge in [0.1, 0.15) is 6.61 Å². The second-order valence-electron chi connectivity index (χ2n) is 3.15. The van der Waals surface area contributed by atoms with Gasteiger partial charge in [-0.3, -0.25) is 0 Å². The highest BCUT2D eigenvalue weighted by Crippen LogP contribution is 2.28. The average molecular weight is 255 g/mol. The van der Waals surface area contributed by atoms with Crippen molar-refractivity contribution in [3.8, 4) is 11.5 Å². The zero-order valence-corrected chi connectivity index (χ0v) is 10.3. The molecule has 0 unspecified atom stereocenters. The Morgan fingerprint density at radius 2 is 1.88 bits per heavy atom. The van der Waals surface area contributed by atoms with E-state index < -0.39 is 0 Å². The molecule has 0 saturated heterocycles. The third-order valence-corrected chi connectivity index (χ3v) is 3.27. The summed E-state index contributed by atoms with van der Waals surface area (Å²) in [5.41, 5.74) is 0. The van der Waals surface area contributed by atoms with E-state index in [0.717, 1.165) is 20.7 Å². The summed E-state index contributed by atoms with van der Waals surface area (Å²) in [6.07, 6.45) is 0. The standard InChI is InChI=1S/C12H11ClO2S/c1-14-10-4-2-3-5-11(10)15-8-9-6-7-12(13)16-9/h2-7H,8H2,1H3. The number of hydrogen-bond acceptors (Lipinski definition) is 3. The van der Waals surface area contributed by atoms with Crippen LogP contribution in [-0.2, 0) is 6.61 Å². The van der Waals surface area contributed by atoms with Crippen molar-refractivity contribution >= 4 is 22.9 Å². The first-order valence-corrected chi connectivity index (χ1v) is 5.99. The van der Waals surface area contributed by atoms with Crippen LogP contribution in [0, 0.1) is 0 Å². The molecule has 0 radical (unpaired) electrons. The lowest BCUT2D eigenvalue weighted by molar-refractivity contribution is 0.287. The third kappa shape index (κ3) is 2.68. The number of rotatable bonds is 4. The SMILES string of the molecule is COc1ccccc1OCc1ccc(Cl)s1. The molecule has 0 atom stereocenters. The molecule has 1 heterocycles. The first kappa shape index (κ1) is 11.3. The van der Waals surface area contributed by atoms with Crippen molar-refractivity contribution < 1.29 is 9.47 Å². The lowest BCUT2D eigenvalue weighted by atomic mass is 10.3. The summed E-state index contributed by atoms with van der Waals surface area (Å²) in [4.78, 5) is 1.09. The predicted octanol–water partition coefficient (Wildman–Crippen LogP) is 3.99. The van der Waals surface area contributed by atoms with Gasteiger partial charge in [0.15, 0.2) is 11.5 Å². The summed E-state index contributed by atoms with van der Waals surface area (Å²) < 4.78 is 11.6. The van der Waals surface area contributed by atoms with Gasteiger partial charge >= 0.3 is 0 Å². The van der Waals surface area contributed by atoms with Gasteiger partial charge in [-0.25, -0.2) is 0 Å². The summed E-state index contributed by atoms with van der Waals surface area (Å²) >= 11 is 7.36. The molecule has 0 fully saturated rings. The zero-order valence-electron chi connectivity index (χ0n) is 8.77. The molecule has 2 rings (SSSR count). The number of methoxy groups -OCH3 is 1. The minimum atomic E-state index is 0.512. The van der Waals surface area contributed by atoms with Crippen LogP contribution in [0.15, 0.2) is 36.4 Å². The number of para-hydroxylation sites is 2. The molecule has 84 valence electrons. The Balaban J connectivity index is 2.04. The molecule has 0 spiro atoms. The van der Waals surface area contributed by atoms with Crippen LogP contribution < -0.4 is 9.47 Å². The quantitative estimate of drug-likeness (QED) is 0.821. The molecule has 0 aliphatic carbocycles. The minimum absolute atomic E-state index is 0.512. The monoisotopic (exact) mass is 254 g/mol. The molecule has 2 nitrogen and oxygen atoms in total. The van der Waals surface area contributed by atoms with Crippen LogP contribution in [-0.4, -0.2) is 7.11 Å². The summed E-state index contributed by atoms with van der Waals surface area (Å²) in [7, 11) is 1.63. The van der Waals surface area contributed by atoms with E-state index >= 15 is 0 Å². The van der Waals surface area contributed by atoms with Gasteiger partial charge in [0, 0.05) is 4.88 Å². The van der Waals surface area contributed by atoms with Crippen molar-refractivity contribution in [1.29, 1.82) is 0 Å². The summed E-state index contributed by atoms with van der Waals surface area (Å²) in [6, 6.07) is 11.4. The lowest BCUT2D eigenvalue weighted by Gasteiger charge is -2.08. The molecule has 0 N–H and O–H groups in total. The maximum atomic E-state index is 5.84. The number of ether oxygens (including phenoxy) is 2. The second-order valence-corrected chi connectivity index (χ2v) is 4.94. The first-order valence-electron chi connectivity index (χ1n) is 4.79. The highest BCUT2D eigenvalue weighted by molar-refractivity contribution is 7.16. The molecule has 0 bridgehead atoms. The van der Waals surface area contributed by atoms with E-state index in [4.69, 9.17) is 21.1 Å². The summed E-state index contributed by atoms with van der Waals surface area (Å²) in [5.74, 6) is 1.49. The molecule has 0 aliphatic rings. The van der Waals surface area contributed by atoms with Crippen LogP contribution >= 0.6 is 22.9 Å². The fourth-order valence-corrected chi connectivity index (χ4v) is 2.32. The Bertz CT molecular complexity index is 468. The highest BCUT2D eigenvalue weighted by atomic mass is 35.5. The topological polar surface area (TPSA) is 18.5 Å². The number of halogens is 1. The molecule has 0 amide bonds. The average Bonchev–Trinajstić information content (AvgIpc) is 2.73. The van der Waals surface area contributed by atoms with Crippen LogP contribution in [0.2, 0.25) is 4.34 Å². The second kappa shape index (κ2) is 5.23. The zero-order chi connectivity index (χ0) is 11.4. The Labute approximate surface area is 103 Å². The van der Waals surface area contributed by atoms with Crippen LogP contribution in [0.5, 0.6) is 11.5 Å². The van der Waals surface area contributed by atoms with Gasteiger partial charge in [0.2, 0.25) is 0 Å². The van der Waals surface area contributed by atoms with E-state index in [9.17, 15) is 0 Å². The van der Waals surface area contributed by atoms with Crippen LogP contribution in [0.3, 0.4) is 0 Å². The van der Waals surface area contributed by atoms with Crippen molar-refractivity contribution in [1.82, 2.24) is 0 Å². The Hall–Kier alpha value is -1.19. The predicted molar refractivity (Wildman–Crippen MR) is 66.7 cm³/mol. The number of benzene rings is 1. The van der Waals surface area contributed by atoms with Gasteiger partial charge in [-0.15, -0.1) is 11.3 Å². The van der Waals surface area contributed by atoms with Gasteiger partial charge in [0.05, 0.1) is 11.4 Å². The van der Waals surface area contributed by atoms with Crippen molar-refractivity contribution in [2.24, 2.45) is 0 Å². The molecule has 1 aromatic heterocycles. The molecule has 16 heavy (non-hydrogen) atoms. The lowest BCUT2D eigenvalue weighted by Crippen LogP contribution is -1.95. The van der Waals surface area contributed by atoms with Gasteiger partial charge in [-0.1, -0.05) is 23.7 Å². The van der Waals surface area contributed by atoms with E-state index in [-0.39, 0.29) is 0 Å². The van der Waals surface area contributed by atoms with E-state index in [0.29, 0.717) is 6.61 Å². The Kier molecular flexibility index (Phi) is 3.70. The molecule has 0 aliphatic heterocycles. The maximum absolute atomic E-state index is 5.84. The number of thiophene rings is 1. The normalized spacial score (nSPS) is 10.1. The molecule has 4 heteroatoms. The summed E-state index contributed by atoms with van der Waals surface area (Å²) in [5, 5.41) is 0. The van der Waals surface area contributed by atoms with E-state index in [1.807, 2.05) is 36.4 Å². The van der Waals surface area contributed by atoms with Gasteiger partial charge in [-0.05, 0) is 24.3 Å². The third-order valence-electron chi connectivity index (χ3n) is 2.07. The fourth-order valence-electron chi connectivity index (χ4n) is 1.32.